The minimum Gasteiger partial charge on any atom is -0.495 e. The third-order valence-corrected chi connectivity index (χ3v) is 3.66. The molecule has 20 heavy (non-hydrogen) atoms. The predicted octanol–water partition coefficient (Wildman–Crippen LogP) is 4.92. The quantitative estimate of drug-likeness (QED) is 0.750. The maximum atomic E-state index is 5.98. The van der Waals surface area contributed by atoms with Crippen molar-refractivity contribution in [1.29, 1.82) is 0 Å². The summed E-state index contributed by atoms with van der Waals surface area (Å²) < 4.78 is 6.19. The van der Waals surface area contributed by atoms with Gasteiger partial charge in [-0.25, -0.2) is 0 Å². The molecule has 2 aromatic carbocycles. The molecule has 0 unspecified atom stereocenters. The Labute approximate surface area is 136 Å². The zero-order chi connectivity index (χ0) is 14.5. The second kappa shape index (κ2) is 6.92. The van der Waals surface area contributed by atoms with Crippen molar-refractivity contribution >= 4 is 56.2 Å². The first-order valence-corrected chi connectivity index (χ1v) is 7.34. The summed E-state index contributed by atoms with van der Waals surface area (Å²) in [5.41, 5.74) is 1.59. The molecule has 0 aliphatic carbocycles. The van der Waals surface area contributed by atoms with Crippen molar-refractivity contribution in [2.24, 2.45) is 0 Å². The Morgan fingerprint density at radius 2 is 1.85 bits per heavy atom. The lowest BCUT2D eigenvalue weighted by atomic mass is 10.3. The first-order valence-electron chi connectivity index (χ1n) is 5.76. The summed E-state index contributed by atoms with van der Waals surface area (Å²) in [5, 5.41) is 7.24. The fourth-order valence-corrected chi connectivity index (χ4v) is 2.39. The number of hydrogen-bond donors (Lipinski definition) is 2. The molecule has 0 aliphatic heterocycles. The molecule has 3 nitrogen and oxygen atoms in total. The maximum absolute atomic E-state index is 5.98. The van der Waals surface area contributed by atoms with Gasteiger partial charge in [-0.05, 0) is 58.5 Å². The van der Waals surface area contributed by atoms with Crippen LogP contribution in [-0.2, 0) is 0 Å². The minimum absolute atomic E-state index is 0.456. The molecule has 0 fully saturated rings. The summed E-state index contributed by atoms with van der Waals surface area (Å²) in [6.07, 6.45) is 0. The third-order valence-electron chi connectivity index (χ3n) is 2.53. The molecule has 2 N–H and O–H groups in total. The van der Waals surface area contributed by atoms with Crippen molar-refractivity contribution in [3.05, 3.63) is 52.0 Å². The molecular weight excluding hydrogens is 360 g/mol. The van der Waals surface area contributed by atoms with Crippen LogP contribution in [0.5, 0.6) is 5.75 Å². The second-order valence-corrected chi connectivity index (χ2v) is 5.60. The fraction of sp³-hybridized carbons (Fsp3) is 0.0714. The Bertz CT molecular complexity index is 636. The highest BCUT2D eigenvalue weighted by Gasteiger charge is 2.07. The average Bonchev–Trinajstić information content (AvgIpc) is 2.41. The Hall–Kier alpha value is -1.30. The van der Waals surface area contributed by atoms with Gasteiger partial charge in [-0.2, -0.15) is 0 Å². The molecule has 0 atom stereocenters. The molecule has 104 valence electrons. The van der Waals surface area contributed by atoms with Crippen LogP contribution in [0.2, 0.25) is 5.02 Å². The zero-order valence-corrected chi connectivity index (χ0v) is 13.8. The number of benzene rings is 2. The van der Waals surface area contributed by atoms with E-state index in [1.165, 1.54) is 0 Å². The summed E-state index contributed by atoms with van der Waals surface area (Å²) in [7, 11) is 1.60. The highest BCUT2D eigenvalue weighted by atomic mass is 79.9. The molecule has 0 aromatic heterocycles. The minimum atomic E-state index is 0.456. The molecule has 6 heteroatoms. The lowest BCUT2D eigenvalue weighted by Gasteiger charge is -2.14. The highest BCUT2D eigenvalue weighted by molar-refractivity contribution is 9.10. The van der Waals surface area contributed by atoms with Gasteiger partial charge in [-0.1, -0.05) is 23.7 Å². The van der Waals surface area contributed by atoms with Crippen molar-refractivity contribution in [1.82, 2.24) is 0 Å². The lowest BCUT2D eigenvalue weighted by Crippen LogP contribution is -2.19. The van der Waals surface area contributed by atoms with E-state index in [2.05, 4.69) is 26.6 Å². The van der Waals surface area contributed by atoms with Crippen LogP contribution >= 0.6 is 39.7 Å². The van der Waals surface area contributed by atoms with E-state index < -0.39 is 0 Å². The molecule has 0 aliphatic rings. The maximum Gasteiger partial charge on any atom is 0.175 e. The average molecular weight is 372 g/mol. The number of para-hydroxylation sites is 1. The zero-order valence-electron chi connectivity index (χ0n) is 10.6. The number of hydrogen-bond acceptors (Lipinski definition) is 2. The van der Waals surface area contributed by atoms with Crippen molar-refractivity contribution in [3.63, 3.8) is 0 Å². The van der Waals surface area contributed by atoms with Crippen LogP contribution in [0.4, 0.5) is 11.4 Å². The van der Waals surface area contributed by atoms with Gasteiger partial charge in [0.2, 0.25) is 0 Å². The number of thiocarbonyl (C=S) groups is 1. The molecule has 0 bridgehead atoms. The monoisotopic (exact) mass is 370 g/mol. The van der Waals surface area contributed by atoms with Crippen LogP contribution in [0, 0.1) is 0 Å². The number of halogens is 2. The molecule has 0 radical (unpaired) electrons. The van der Waals surface area contributed by atoms with E-state index in [1.54, 1.807) is 25.3 Å². The molecular formula is C14H12BrClN2OS. The summed E-state index contributed by atoms with van der Waals surface area (Å²) >= 11 is 14.7. The first kappa shape index (κ1) is 15.1. The standard InChI is InChI=1S/C14H12BrClN2OS/c1-19-13-7-6-9(16)8-12(13)18-14(20)17-11-5-3-2-4-10(11)15/h2-8H,1H3,(H2,17,18,20). The van der Waals surface area contributed by atoms with Gasteiger partial charge in [-0.15, -0.1) is 0 Å². The number of methoxy groups -OCH3 is 1. The van der Waals surface area contributed by atoms with Gasteiger partial charge in [0, 0.05) is 9.50 Å². The Morgan fingerprint density at radius 3 is 2.55 bits per heavy atom. The number of rotatable bonds is 3. The second-order valence-electron chi connectivity index (χ2n) is 3.90. The Balaban J connectivity index is 2.12. The van der Waals surface area contributed by atoms with Crippen molar-refractivity contribution in [3.8, 4) is 5.75 Å². The van der Waals surface area contributed by atoms with Gasteiger partial charge in [0.1, 0.15) is 5.75 Å². The number of ether oxygens (including phenoxy) is 1. The number of nitrogens with one attached hydrogen (secondary N) is 2. The van der Waals surface area contributed by atoms with E-state index in [-0.39, 0.29) is 0 Å². The molecule has 2 aromatic rings. The third kappa shape index (κ3) is 3.85. The van der Waals surface area contributed by atoms with E-state index >= 15 is 0 Å². The summed E-state index contributed by atoms with van der Waals surface area (Å²) in [6.45, 7) is 0. The van der Waals surface area contributed by atoms with E-state index in [1.807, 2.05) is 24.3 Å². The van der Waals surface area contributed by atoms with E-state index in [9.17, 15) is 0 Å². The van der Waals surface area contributed by atoms with Gasteiger partial charge in [0.15, 0.2) is 5.11 Å². The molecule has 0 spiro atoms. The SMILES string of the molecule is COc1ccc(Cl)cc1NC(=S)Nc1ccccc1Br. The van der Waals surface area contributed by atoms with Gasteiger partial charge >= 0.3 is 0 Å². The van der Waals surface area contributed by atoms with Crippen LogP contribution < -0.4 is 15.4 Å². The Morgan fingerprint density at radius 1 is 1.15 bits per heavy atom. The van der Waals surface area contributed by atoms with Gasteiger partial charge in [0.25, 0.3) is 0 Å². The van der Waals surface area contributed by atoms with Gasteiger partial charge < -0.3 is 15.4 Å². The van der Waals surface area contributed by atoms with Crippen LogP contribution in [0.3, 0.4) is 0 Å². The Kier molecular flexibility index (Phi) is 5.23. The smallest absolute Gasteiger partial charge is 0.175 e. The largest absolute Gasteiger partial charge is 0.495 e. The normalized spacial score (nSPS) is 9.95. The van der Waals surface area contributed by atoms with Crippen LogP contribution in [0.15, 0.2) is 46.9 Å². The van der Waals surface area contributed by atoms with Crippen molar-refractivity contribution in [2.45, 2.75) is 0 Å². The molecule has 0 saturated carbocycles. The van der Waals surface area contributed by atoms with E-state index in [4.69, 9.17) is 28.6 Å². The first-order chi connectivity index (χ1) is 9.60. The molecule has 2 rings (SSSR count). The van der Waals surface area contributed by atoms with Gasteiger partial charge in [-0.3, -0.25) is 0 Å². The lowest BCUT2D eigenvalue weighted by molar-refractivity contribution is 0.417. The molecule has 0 heterocycles. The van der Waals surface area contributed by atoms with E-state index in [0.717, 1.165) is 10.2 Å². The molecule has 0 amide bonds. The van der Waals surface area contributed by atoms with Crippen LogP contribution in [-0.4, -0.2) is 12.2 Å². The highest BCUT2D eigenvalue weighted by Crippen LogP contribution is 2.28. The predicted molar refractivity (Wildman–Crippen MR) is 92.0 cm³/mol. The topological polar surface area (TPSA) is 33.3 Å². The van der Waals surface area contributed by atoms with Crippen molar-refractivity contribution in [2.75, 3.05) is 17.7 Å². The van der Waals surface area contributed by atoms with Crippen LogP contribution in [0.1, 0.15) is 0 Å². The fourth-order valence-electron chi connectivity index (χ4n) is 1.62. The van der Waals surface area contributed by atoms with Gasteiger partial charge in [0.05, 0.1) is 18.5 Å². The summed E-state index contributed by atoms with van der Waals surface area (Å²) in [5.74, 6) is 0.672. The van der Waals surface area contributed by atoms with Crippen molar-refractivity contribution < 1.29 is 4.74 Å². The summed E-state index contributed by atoms with van der Waals surface area (Å²) in [4.78, 5) is 0. The van der Waals surface area contributed by atoms with Crippen LogP contribution in [0.25, 0.3) is 0 Å². The van der Waals surface area contributed by atoms with E-state index in [0.29, 0.717) is 21.6 Å². The molecule has 0 saturated heterocycles. The summed E-state index contributed by atoms with van der Waals surface area (Å²) in [6, 6.07) is 13.0. The number of anilines is 2.